The fourth-order valence-corrected chi connectivity index (χ4v) is 0.755. The monoisotopic (exact) mass is 221 g/mol. The van der Waals surface area contributed by atoms with E-state index in [2.05, 4.69) is 5.32 Å². The molecule has 0 saturated heterocycles. The molecule has 5 heteroatoms. The van der Waals surface area contributed by atoms with Gasteiger partial charge in [-0.2, -0.15) is 0 Å². The molecule has 1 N–H and O–H groups in total. The molecule has 4 nitrogen and oxygen atoms in total. The second kappa shape index (κ2) is 5.20. The Kier molecular flexibility index (Phi) is 4.91. The standard InChI is InChI=1S/C9H16ClNO3/c1-6(10)8(13)11-5-7(12)14-9(2,3)4/h6H,5H2,1-4H3,(H,11,13). The minimum Gasteiger partial charge on any atom is -0.459 e. The van der Waals surface area contributed by atoms with E-state index < -0.39 is 16.9 Å². The van der Waals surface area contributed by atoms with Gasteiger partial charge in [-0.15, -0.1) is 11.6 Å². The normalized spacial score (nSPS) is 13.2. The molecule has 0 aliphatic carbocycles. The van der Waals surface area contributed by atoms with Gasteiger partial charge in [0.05, 0.1) is 0 Å². The van der Waals surface area contributed by atoms with E-state index in [-0.39, 0.29) is 12.5 Å². The van der Waals surface area contributed by atoms with Crippen molar-refractivity contribution in [2.24, 2.45) is 0 Å². The highest BCUT2D eigenvalue weighted by Gasteiger charge is 2.17. The molecule has 0 saturated carbocycles. The SMILES string of the molecule is CC(Cl)C(=O)NCC(=O)OC(C)(C)C. The Balaban J connectivity index is 3.81. The molecule has 0 spiro atoms. The number of hydrogen-bond donors (Lipinski definition) is 1. The van der Waals surface area contributed by atoms with E-state index in [1.54, 1.807) is 20.8 Å². The molecule has 1 atom stereocenters. The maximum absolute atomic E-state index is 11.1. The third kappa shape index (κ3) is 6.71. The van der Waals surface area contributed by atoms with E-state index in [0.29, 0.717) is 0 Å². The van der Waals surface area contributed by atoms with Gasteiger partial charge in [0, 0.05) is 0 Å². The van der Waals surface area contributed by atoms with Crippen LogP contribution in [0.15, 0.2) is 0 Å². The van der Waals surface area contributed by atoms with Crippen molar-refractivity contribution >= 4 is 23.5 Å². The number of carbonyl (C=O) groups is 2. The summed E-state index contributed by atoms with van der Waals surface area (Å²) < 4.78 is 4.97. The highest BCUT2D eigenvalue weighted by Crippen LogP contribution is 2.06. The average Bonchev–Trinajstić information content (AvgIpc) is 1.96. The second-order valence-corrected chi connectivity index (χ2v) is 4.57. The largest absolute Gasteiger partial charge is 0.459 e. The third-order valence-corrected chi connectivity index (χ3v) is 1.39. The van der Waals surface area contributed by atoms with Gasteiger partial charge in [-0.1, -0.05) is 0 Å². The van der Waals surface area contributed by atoms with Crippen LogP contribution >= 0.6 is 11.6 Å². The Morgan fingerprint density at radius 2 is 1.93 bits per heavy atom. The van der Waals surface area contributed by atoms with Gasteiger partial charge in [0.2, 0.25) is 5.91 Å². The first kappa shape index (κ1) is 13.2. The van der Waals surface area contributed by atoms with Gasteiger partial charge in [-0.3, -0.25) is 9.59 Å². The quantitative estimate of drug-likeness (QED) is 0.573. The zero-order valence-corrected chi connectivity index (χ0v) is 9.64. The fraction of sp³-hybridized carbons (Fsp3) is 0.778. The molecule has 0 aromatic heterocycles. The maximum atomic E-state index is 11.1. The third-order valence-electron chi connectivity index (χ3n) is 1.19. The van der Waals surface area contributed by atoms with Crippen molar-refractivity contribution < 1.29 is 14.3 Å². The van der Waals surface area contributed by atoms with Gasteiger partial charge in [0.15, 0.2) is 0 Å². The Bertz CT molecular complexity index is 221. The molecule has 82 valence electrons. The van der Waals surface area contributed by atoms with Crippen molar-refractivity contribution in [1.29, 1.82) is 0 Å². The van der Waals surface area contributed by atoms with Crippen molar-refractivity contribution in [3.63, 3.8) is 0 Å². The summed E-state index contributed by atoms with van der Waals surface area (Å²) in [6, 6.07) is 0. The molecule has 0 heterocycles. The molecule has 0 aromatic carbocycles. The number of nitrogens with one attached hydrogen (secondary N) is 1. The number of hydrogen-bond acceptors (Lipinski definition) is 3. The van der Waals surface area contributed by atoms with Crippen molar-refractivity contribution in [3.8, 4) is 0 Å². The van der Waals surface area contributed by atoms with Crippen molar-refractivity contribution in [2.45, 2.75) is 38.7 Å². The van der Waals surface area contributed by atoms with Crippen LogP contribution in [0.3, 0.4) is 0 Å². The Morgan fingerprint density at radius 1 is 1.43 bits per heavy atom. The van der Waals surface area contributed by atoms with E-state index >= 15 is 0 Å². The van der Waals surface area contributed by atoms with Gasteiger partial charge in [-0.05, 0) is 27.7 Å². The van der Waals surface area contributed by atoms with Crippen LogP contribution in [-0.4, -0.2) is 29.4 Å². The van der Waals surface area contributed by atoms with Gasteiger partial charge in [-0.25, -0.2) is 0 Å². The van der Waals surface area contributed by atoms with Crippen LogP contribution in [0.1, 0.15) is 27.7 Å². The lowest BCUT2D eigenvalue weighted by molar-refractivity contribution is -0.154. The molecule has 0 rings (SSSR count). The molecule has 1 amide bonds. The summed E-state index contributed by atoms with van der Waals surface area (Å²) in [4.78, 5) is 22.1. The van der Waals surface area contributed by atoms with E-state index in [9.17, 15) is 9.59 Å². The van der Waals surface area contributed by atoms with Gasteiger partial charge >= 0.3 is 5.97 Å². The first-order chi connectivity index (χ1) is 6.22. The Hall–Kier alpha value is -0.770. The van der Waals surface area contributed by atoms with E-state index in [1.165, 1.54) is 6.92 Å². The zero-order chi connectivity index (χ0) is 11.4. The van der Waals surface area contributed by atoms with Gasteiger partial charge < -0.3 is 10.1 Å². The lowest BCUT2D eigenvalue weighted by Crippen LogP contribution is -2.37. The van der Waals surface area contributed by atoms with Crippen LogP contribution in [0.25, 0.3) is 0 Å². The highest BCUT2D eigenvalue weighted by molar-refractivity contribution is 6.30. The first-order valence-corrected chi connectivity index (χ1v) is 4.79. The highest BCUT2D eigenvalue weighted by atomic mass is 35.5. The summed E-state index contributed by atoms with van der Waals surface area (Å²) in [6.45, 7) is 6.67. The lowest BCUT2D eigenvalue weighted by Gasteiger charge is -2.19. The van der Waals surface area contributed by atoms with Crippen molar-refractivity contribution in [3.05, 3.63) is 0 Å². The molecule has 0 aliphatic rings. The van der Waals surface area contributed by atoms with Gasteiger partial charge in [0.1, 0.15) is 17.5 Å². The van der Waals surface area contributed by atoms with E-state index in [0.717, 1.165) is 0 Å². The Morgan fingerprint density at radius 3 is 2.29 bits per heavy atom. The number of amides is 1. The maximum Gasteiger partial charge on any atom is 0.325 e. The Labute approximate surface area is 88.9 Å². The number of alkyl halides is 1. The summed E-state index contributed by atoms with van der Waals surface area (Å²) in [6.07, 6.45) is 0. The lowest BCUT2D eigenvalue weighted by atomic mass is 10.2. The van der Waals surface area contributed by atoms with Crippen LogP contribution in [-0.2, 0) is 14.3 Å². The molecule has 14 heavy (non-hydrogen) atoms. The zero-order valence-electron chi connectivity index (χ0n) is 8.89. The minimum atomic E-state index is -0.641. The molecule has 0 aromatic rings. The topological polar surface area (TPSA) is 55.4 Å². The summed E-state index contributed by atoms with van der Waals surface area (Å²) in [5.74, 6) is -0.847. The summed E-state index contributed by atoms with van der Waals surface area (Å²) in [5, 5.41) is 1.72. The molecule has 0 radical (unpaired) electrons. The summed E-state index contributed by atoms with van der Waals surface area (Å²) >= 11 is 5.48. The van der Waals surface area contributed by atoms with Crippen LogP contribution in [0.5, 0.6) is 0 Å². The predicted octanol–water partition coefficient (Wildman–Crippen LogP) is 1.07. The van der Waals surface area contributed by atoms with Crippen LogP contribution in [0.2, 0.25) is 0 Å². The smallest absolute Gasteiger partial charge is 0.325 e. The van der Waals surface area contributed by atoms with Gasteiger partial charge in [0.25, 0.3) is 0 Å². The van der Waals surface area contributed by atoms with Crippen molar-refractivity contribution in [1.82, 2.24) is 5.32 Å². The molecule has 0 bridgehead atoms. The molecular weight excluding hydrogens is 206 g/mol. The van der Waals surface area contributed by atoms with Crippen LogP contribution in [0.4, 0.5) is 0 Å². The number of halogens is 1. The molecule has 1 unspecified atom stereocenters. The van der Waals surface area contributed by atoms with Crippen LogP contribution in [0, 0.1) is 0 Å². The molecule has 0 aliphatic heterocycles. The first-order valence-electron chi connectivity index (χ1n) is 4.36. The molecule has 0 fully saturated rings. The number of rotatable bonds is 3. The van der Waals surface area contributed by atoms with Crippen molar-refractivity contribution in [2.75, 3.05) is 6.54 Å². The summed E-state index contributed by atoms with van der Waals surface area (Å²) in [5.41, 5.74) is -0.533. The number of carbonyl (C=O) groups excluding carboxylic acids is 2. The predicted molar refractivity (Wildman–Crippen MR) is 54.2 cm³/mol. The fourth-order valence-electron chi connectivity index (χ4n) is 0.678. The van der Waals surface area contributed by atoms with E-state index in [4.69, 9.17) is 16.3 Å². The number of ether oxygens (including phenoxy) is 1. The average molecular weight is 222 g/mol. The number of esters is 1. The molecular formula is C9H16ClNO3. The van der Waals surface area contributed by atoms with E-state index in [1.807, 2.05) is 0 Å². The minimum absolute atomic E-state index is 0.146. The second-order valence-electron chi connectivity index (χ2n) is 3.92. The summed E-state index contributed by atoms with van der Waals surface area (Å²) in [7, 11) is 0. The van der Waals surface area contributed by atoms with Crippen LogP contribution < -0.4 is 5.32 Å².